The molecular formula is C18H18N2O. The highest BCUT2D eigenvalue weighted by molar-refractivity contribution is 6.13. The largest absolute Gasteiger partial charge is 0.272 e. The van der Waals surface area contributed by atoms with Crippen molar-refractivity contribution in [3.63, 3.8) is 0 Å². The van der Waals surface area contributed by atoms with E-state index in [9.17, 15) is 4.79 Å². The SMILES string of the molecule is CC1(C)CN(N=C(c2ccccc2)c2ccccc2)C1=O. The van der Waals surface area contributed by atoms with Gasteiger partial charge in [-0.05, 0) is 13.8 Å². The average Bonchev–Trinajstić information content (AvgIpc) is 2.52. The van der Waals surface area contributed by atoms with E-state index in [0.717, 1.165) is 16.8 Å². The lowest BCUT2D eigenvalue weighted by atomic mass is 9.85. The van der Waals surface area contributed by atoms with Gasteiger partial charge in [0.1, 0.15) is 0 Å². The van der Waals surface area contributed by atoms with Gasteiger partial charge in [0.2, 0.25) is 5.91 Å². The number of benzene rings is 2. The van der Waals surface area contributed by atoms with Gasteiger partial charge >= 0.3 is 0 Å². The molecule has 0 N–H and O–H groups in total. The predicted octanol–water partition coefficient (Wildman–Crippen LogP) is 3.31. The van der Waals surface area contributed by atoms with E-state index in [0.29, 0.717) is 6.54 Å². The molecule has 0 spiro atoms. The van der Waals surface area contributed by atoms with Gasteiger partial charge < -0.3 is 0 Å². The molecular weight excluding hydrogens is 260 g/mol. The number of carbonyl (C=O) groups excluding carboxylic acids is 1. The Kier molecular flexibility index (Phi) is 3.34. The quantitative estimate of drug-likeness (QED) is 0.626. The van der Waals surface area contributed by atoms with Gasteiger partial charge in [0, 0.05) is 11.1 Å². The maximum atomic E-state index is 12.1. The molecule has 1 saturated heterocycles. The minimum absolute atomic E-state index is 0.0758. The van der Waals surface area contributed by atoms with Gasteiger partial charge in [0.25, 0.3) is 0 Å². The summed E-state index contributed by atoms with van der Waals surface area (Å²) in [6, 6.07) is 19.9. The highest BCUT2D eigenvalue weighted by Gasteiger charge is 2.44. The molecule has 1 fully saturated rings. The molecule has 2 aromatic rings. The lowest BCUT2D eigenvalue weighted by Gasteiger charge is -2.41. The maximum absolute atomic E-state index is 12.1. The number of hydrogen-bond acceptors (Lipinski definition) is 2. The first-order valence-corrected chi connectivity index (χ1v) is 7.09. The first-order chi connectivity index (χ1) is 10.1. The van der Waals surface area contributed by atoms with Crippen molar-refractivity contribution in [1.82, 2.24) is 5.01 Å². The van der Waals surface area contributed by atoms with Crippen molar-refractivity contribution in [3.8, 4) is 0 Å². The molecule has 2 aromatic carbocycles. The minimum atomic E-state index is -0.290. The molecule has 0 unspecified atom stereocenters. The molecule has 1 heterocycles. The van der Waals surface area contributed by atoms with Crippen molar-refractivity contribution >= 4 is 11.6 Å². The molecule has 106 valence electrons. The summed E-state index contributed by atoms with van der Waals surface area (Å²) >= 11 is 0. The smallest absolute Gasteiger partial charge is 0.250 e. The Balaban J connectivity index is 2.00. The van der Waals surface area contributed by atoms with Gasteiger partial charge in [-0.3, -0.25) is 4.79 Å². The van der Waals surface area contributed by atoms with Crippen molar-refractivity contribution in [1.29, 1.82) is 0 Å². The summed E-state index contributed by atoms with van der Waals surface area (Å²) in [5.74, 6) is 0.0758. The molecule has 21 heavy (non-hydrogen) atoms. The third kappa shape index (κ3) is 2.59. The van der Waals surface area contributed by atoms with Crippen LogP contribution in [0.5, 0.6) is 0 Å². The molecule has 0 saturated carbocycles. The molecule has 3 rings (SSSR count). The fourth-order valence-electron chi connectivity index (χ4n) is 2.45. The van der Waals surface area contributed by atoms with Crippen LogP contribution < -0.4 is 0 Å². The van der Waals surface area contributed by atoms with Crippen LogP contribution >= 0.6 is 0 Å². The Hall–Kier alpha value is -2.42. The zero-order chi connectivity index (χ0) is 14.9. The standard InChI is InChI=1S/C18H18N2O/c1-18(2)13-20(17(18)21)19-16(14-9-5-3-6-10-14)15-11-7-4-8-12-15/h3-12H,13H2,1-2H3. The number of nitrogens with zero attached hydrogens (tertiary/aromatic N) is 2. The zero-order valence-electron chi connectivity index (χ0n) is 12.3. The van der Waals surface area contributed by atoms with Crippen LogP contribution in [0.25, 0.3) is 0 Å². The minimum Gasteiger partial charge on any atom is -0.272 e. The van der Waals surface area contributed by atoms with E-state index in [-0.39, 0.29) is 11.3 Å². The lowest BCUT2D eigenvalue weighted by molar-refractivity contribution is -0.156. The van der Waals surface area contributed by atoms with Crippen LogP contribution in [0.2, 0.25) is 0 Å². The Morgan fingerprint density at radius 2 is 1.43 bits per heavy atom. The summed E-state index contributed by atoms with van der Waals surface area (Å²) in [6.07, 6.45) is 0. The number of rotatable bonds is 3. The van der Waals surface area contributed by atoms with Crippen LogP contribution in [-0.4, -0.2) is 23.2 Å². The lowest BCUT2D eigenvalue weighted by Crippen LogP contribution is -2.56. The second-order valence-electron chi connectivity index (χ2n) is 5.93. The van der Waals surface area contributed by atoms with E-state index in [1.54, 1.807) is 5.01 Å². The van der Waals surface area contributed by atoms with Crippen LogP contribution in [0.4, 0.5) is 0 Å². The normalized spacial score (nSPS) is 16.3. The van der Waals surface area contributed by atoms with Crippen LogP contribution in [0.15, 0.2) is 65.8 Å². The Morgan fingerprint density at radius 3 is 1.81 bits per heavy atom. The van der Waals surface area contributed by atoms with Gasteiger partial charge in [-0.15, -0.1) is 0 Å². The second kappa shape index (κ2) is 5.17. The van der Waals surface area contributed by atoms with Gasteiger partial charge in [-0.25, -0.2) is 5.01 Å². The first kappa shape index (κ1) is 13.6. The van der Waals surface area contributed by atoms with Gasteiger partial charge in [0.15, 0.2) is 0 Å². The van der Waals surface area contributed by atoms with E-state index in [4.69, 9.17) is 0 Å². The molecule has 1 amide bonds. The van der Waals surface area contributed by atoms with E-state index in [1.165, 1.54) is 0 Å². The molecule has 1 aliphatic heterocycles. The third-order valence-corrected chi connectivity index (χ3v) is 3.67. The van der Waals surface area contributed by atoms with Gasteiger partial charge in [-0.2, -0.15) is 5.10 Å². The molecule has 0 aromatic heterocycles. The number of carbonyl (C=O) groups is 1. The maximum Gasteiger partial charge on any atom is 0.250 e. The number of hydrogen-bond donors (Lipinski definition) is 0. The summed E-state index contributed by atoms with van der Waals surface area (Å²) in [5, 5.41) is 6.16. The molecule has 3 heteroatoms. The summed E-state index contributed by atoms with van der Waals surface area (Å²) in [5.41, 5.74) is 2.57. The number of amides is 1. The van der Waals surface area contributed by atoms with E-state index < -0.39 is 0 Å². The summed E-state index contributed by atoms with van der Waals surface area (Å²) in [6.45, 7) is 4.56. The molecule has 0 atom stereocenters. The van der Waals surface area contributed by atoms with Gasteiger partial charge in [0.05, 0.1) is 17.7 Å². The van der Waals surface area contributed by atoms with Gasteiger partial charge in [-0.1, -0.05) is 60.7 Å². The van der Waals surface area contributed by atoms with E-state index >= 15 is 0 Å². The van der Waals surface area contributed by atoms with E-state index in [2.05, 4.69) is 5.10 Å². The first-order valence-electron chi connectivity index (χ1n) is 7.09. The highest BCUT2D eigenvalue weighted by Crippen LogP contribution is 2.31. The van der Waals surface area contributed by atoms with Crippen molar-refractivity contribution < 1.29 is 4.79 Å². The molecule has 1 aliphatic rings. The van der Waals surface area contributed by atoms with Crippen LogP contribution in [0.3, 0.4) is 0 Å². The fraction of sp³-hybridized carbons (Fsp3) is 0.222. The molecule has 0 aliphatic carbocycles. The number of hydrazone groups is 1. The molecule has 3 nitrogen and oxygen atoms in total. The molecule has 0 radical (unpaired) electrons. The third-order valence-electron chi connectivity index (χ3n) is 3.67. The Labute approximate surface area is 124 Å². The summed E-state index contributed by atoms with van der Waals surface area (Å²) < 4.78 is 0. The monoisotopic (exact) mass is 278 g/mol. The van der Waals surface area contributed by atoms with Crippen LogP contribution in [-0.2, 0) is 4.79 Å². The molecule has 0 bridgehead atoms. The zero-order valence-corrected chi connectivity index (χ0v) is 12.3. The average molecular weight is 278 g/mol. The highest BCUT2D eigenvalue weighted by atomic mass is 16.2. The Bertz CT molecular complexity index is 633. The van der Waals surface area contributed by atoms with Crippen molar-refractivity contribution in [2.75, 3.05) is 6.54 Å². The summed E-state index contributed by atoms with van der Waals surface area (Å²) in [4.78, 5) is 12.1. The topological polar surface area (TPSA) is 32.7 Å². The Morgan fingerprint density at radius 1 is 0.952 bits per heavy atom. The fourth-order valence-corrected chi connectivity index (χ4v) is 2.45. The summed E-state index contributed by atoms with van der Waals surface area (Å²) in [7, 11) is 0. The van der Waals surface area contributed by atoms with E-state index in [1.807, 2.05) is 74.5 Å². The van der Waals surface area contributed by atoms with Crippen molar-refractivity contribution in [3.05, 3.63) is 71.8 Å². The van der Waals surface area contributed by atoms with Crippen LogP contribution in [0, 0.1) is 5.41 Å². The second-order valence-corrected chi connectivity index (χ2v) is 5.93. The number of β-lactam (4-membered cyclic amide) rings is 1. The van der Waals surface area contributed by atoms with Crippen molar-refractivity contribution in [2.24, 2.45) is 10.5 Å². The van der Waals surface area contributed by atoms with Crippen LogP contribution in [0.1, 0.15) is 25.0 Å². The predicted molar refractivity (Wildman–Crippen MR) is 84.0 cm³/mol. The van der Waals surface area contributed by atoms with Crippen molar-refractivity contribution in [2.45, 2.75) is 13.8 Å².